The van der Waals surface area contributed by atoms with Crippen molar-refractivity contribution in [1.29, 1.82) is 0 Å². The number of nitrogens with zero attached hydrogens (tertiary/aromatic N) is 6. The SMILES string of the molecule is COc1c(C)cnc(Cn2cc(C#CCCOC(=O)N(C)CCN(C)C(=O)Oc3ccc4c(c3)C[C@@H](CCCCCCCCC[S+]([O-])CCCC(F)(F)C(F)(F)F)[C@@H]3[C@@H]4CC[C@]4(C)[C@@H](O)CC[C@@H]34)c3c(Cl)nc(N)nc32)c1C. The number of anilines is 1. The quantitative estimate of drug-likeness (QED) is 0.0237. The number of alkyl halides is 5. The Kier molecular flexibility index (Phi) is 20.5. The predicted octanol–water partition coefficient (Wildman–Crippen LogP) is 12.0. The number of fused-ring (bicyclic) bond motifs is 6. The van der Waals surface area contributed by atoms with Crippen LogP contribution in [-0.2, 0) is 28.9 Å². The molecule has 7 atom stereocenters. The van der Waals surface area contributed by atoms with Gasteiger partial charge in [0.15, 0.2) is 0 Å². The molecule has 2 saturated carbocycles. The van der Waals surface area contributed by atoms with Gasteiger partial charge in [-0.1, -0.05) is 79.7 Å². The van der Waals surface area contributed by atoms with E-state index in [4.69, 9.17) is 31.5 Å². The average Bonchev–Trinajstić information content (AvgIpc) is 3.95. The monoisotopic (exact) mass is 1130 g/mol. The Hall–Kier alpha value is -5.10. The van der Waals surface area contributed by atoms with Crippen molar-refractivity contribution in [2.24, 2.45) is 23.2 Å². The Labute approximate surface area is 462 Å². The fraction of sp³-hybridized carbons (Fsp3) is 0.632. The Morgan fingerprint density at radius 1 is 0.987 bits per heavy atom. The molecule has 2 amide bonds. The molecule has 78 heavy (non-hydrogen) atoms. The minimum absolute atomic E-state index is 0.0210. The number of carbonyl (C=O) groups is 2. The number of aliphatic hydroxyl groups is 1. The number of rotatable bonds is 23. The van der Waals surface area contributed by atoms with Gasteiger partial charge in [0.1, 0.15) is 40.4 Å². The highest BCUT2D eigenvalue weighted by Gasteiger charge is 2.57. The van der Waals surface area contributed by atoms with Crippen molar-refractivity contribution >= 4 is 51.9 Å². The van der Waals surface area contributed by atoms with Crippen LogP contribution in [0.3, 0.4) is 0 Å². The molecule has 3 aliphatic carbocycles. The second-order valence-corrected chi connectivity index (χ2v) is 23.9. The van der Waals surface area contributed by atoms with E-state index in [0.717, 1.165) is 99.6 Å². The number of aromatic nitrogens is 4. The van der Waals surface area contributed by atoms with Crippen LogP contribution in [0.4, 0.5) is 37.5 Å². The number of amides is 2. The molecule has 3 aliphatic rings. The number of nitrogens with two attached hydrogens (primary N) is 1. The fourth-order valence-electron chi connectivity index (χ4n) is 12.2. The number of hydrogen-bond acceptors (Lipinski definition) is 11. The van der Waals surface area contributed by atoms with E-state index in [1.165, 1.54) is 20.9 Å². The van der Waals surface area contributed by atoms with Crippen molar-refractivity contribution in [3.63, 3.8) is 0 Å². The molecule has 2 fully saturated rings. The lowest BCUT2D eigenvalue weighted by Gasteiger charge is -2.53. The number of methoxy groups -OCH3 is 1. The van der Waals surface area contributed by atoms with Crippen molar-refractivity contribution in [3.05, 3.63) is 69.3 Å². The zero-order chi connectivity index (χ0) is 56.5. The van der Waals surface area contributed by atoms with Gasteiger partial charge in [-0.3, -0.25) is 4.98 Å². The molecule has 1 aromatic carbocycles. The van der Waals surface area contributed by atoms with Crippen LogP contribution in [0, 0.1) is 48.9 Å². The number of hydrogen-bond donors (Lipinski definition) is 2. The zero-order valence-corrected chi connectivity index (χ0v) is 47.2. The molecule has 7 rings (SSSR count). The maximum atomic E-state index is 13.4. The molecule has 0 bridgehead atoms. The lowest BCUT2D eigenvalue weighted by atomic mass is 9.52. The van der Waals surface area contributed by atoms with Crippen LogP contribution in [0.2, 0.25) is 5.15 Å². The third kappa shape index (κ3) is 14.4. The van der Waals surface area contributed by atoms with Gasteiger partial charge in [-0.05, 0) is 124 Å². The fourth-order valence-corrected chi connectivity index (χ4v) is 13.7. The highest BCUT2D eigenvalue weighted by Crippen LogP contribution is 2.63. The Morgan fingerprint density at radius 2 is 1.68 bits per heavy atom. The summed E-state index contributed by atoms with van der Waals surface area (Å²) in [5.41, 5.74) is 12.0. The van der Waals surface area contributed by atoms with E-state index in [0.29, 0.717) is 64.7 Å². The van der Waals surface area contributed by atoms with Gasteiger partial charge in [-0.25, -0.2) is 14.6 Å². The van der Waals surface area contributed by atoms with Crippen LogP contribution >= 0.6 is 11.6 Å². The van der Waals surface area contributed by atoms with Gasteiger partial charge in [0.25, 0.3) is 0 Å². The van der Waals surface area contributed by atoms with E-state index in [1.54, 1.807) is 27.4 Å². The van der Waals surface area contributed by atoms with Gasteiger partial charge in [0.05, 0.1) is 36.4 Å². The maximum Gasteiger partial charge on any atom is 0.453 e. The summed E-state index contributed by atoms with van der Waals surface area (Å²) in [5, 5.41) is 11.9. The molecular formula is C57H75ClF5N7O7S. The molecule has 0 spiro atoms. The minimum Gasteiger partial charge on any atom is -0.616 e. The summed E-state index contributed by atoms with van der Waals surface area (Å²) in [5.74, 6) is 4.45. The van der Waals surface area contributed by atoms with Gasteiger partial charge in [-0.2, -0.15) is 26.9 Å². The maximum absolute atomic E-state index is 13.4. The van der Waals surface area contributed by atoms with E-state index < -0.39 is 48.3 Å². The van der Waals surface area contributed by atoms with Crippen LogP contribution in [0.15, 0.2) is 30.6 Å². The average molecular weight is 1130 g/mol. The molecule has 0 aliphatic heterocycles. The van der Waals surface area contributed by atoms with Crippen molar-refractivity contribution < 1.29 is 55.4 Å². The van der Waals surface area contributed by atoms with E-state index in [9.17, 15) is 41.2 Å². The van der Waals surface area contributed by atoms with Crippen molar-refractivity contribution in [2.75, 3.05) is 58.1 Å². The molecular weight excluding hydrogens is 1060 g/mol. The first-order chi connectivity index (χ1) is 37.0. The summed E-state index contributed by atoms with van der Waals surface area (Å²) in [6, 6.07) is 6.01. The summed E-state index contributed by atoms with van der Waals surface area (Å²) < 4.78 is 94.7. The molecule has 428 valence electrons. The van der Waals surface area contributed by atoms with Gasteiger partial charge >= 0.3 is 24.3 Å². The van der Waals surface area contributed by atoms with Gasteiger partial charge < -0.3 is 44.0 Å². The van der Waals surface area contributed by atoms with Gasteiger partial charge in [0.2, 0.25) is 5.95 Å². The second-order valence-electron chi connectivity index (χ2n) is 21.8. The molecule has 0 saturated heterocycles. The number of nitrogen functional groups attached to an aromatic ring is 1. The number of pyridine rings is 1. The lowest BCUT2D eigenvalue weighted by Crippen LogP contribution is -2.47. The number of ether oxygens (including phenoxy) is 3. The number of aliphatic hydroxyl groups excluding tert-OH is 1. The van der Waals surface area contributed by atoms with E-state index in [-0.39, 0.29) is 54.5 Å². The van der Waals surface area contributed by atoms with Crippen LogP contribution in [0.5, 0.6) is 11.5 Å². The zero-order valence-electron chi connectivity index (χ0n) is 45.7. The lowest BCUT2D eigenvalue weighted by molar-refractivity contribution is -0.284. The van der Waals surface area contributed by atoms with Crippen LogP contribution in [0.1, 0.15) is 143 Å². The number of benzene rings is 1. The normalized spacial score (nSPS) is 21.2. The molecule has 0 radical (unpaired) electrons. The van der Waals surface area contributed by atoms with Crippen LogP contribution < -0.4 is 15.2 Å². The summed E-state index contributed by atoms with van der Waals surface area (Å²) in [6.45, 7) is 6.91. The minimum atomic E-state index is -5.58. The van der Waals surface area contributed by atoms with Crippen molar-refractivity contribution in [2.45, 2.75) is 154 Å². The largest absolute Gasteiger partial charge is 0.616 e. The van der Waals surface area contributed by atoms with Crippen LogP contribution in [-0.4, -0.2) is 122 Å². The highest BCUT2D eigenvalue weighted by atomic mass is 35.5. The molecule has 14 nitrogen and oxygen atoms in total. The van der Waals surface area contributed by atoms with Gasteiger partial charge in [-0.15, -0.1) is 0 Å². The molecule has 1 unspecified atom stereocenters. The highest BCUT2D eigenvalue weighted by molar-refractivity contribution is 7.91. The molecule has 21 heteroatoms. The number of carbonyl (C=O) groups excluding carboxylic acids is 2. The standard InChI is InChI=1S/C57H75ClF5N7O7S/c1-36-33-65-45(37(2)49(36)75-6)35-70-34-39(48-50(58)66-52(64)67-51(48)70)18-13-14-28-76-53(72)68(4)26-27-69(5)54(73)77-41-19-20-42-40(32-41)31-38(47-43(42)23-25-55(3)44(47)21-22-46(55)71)17-12-10-8-7-9-11-15-29-78(74)30-16-24-56(59,60)57(61,62)63/h19-20,32-34,38,43-44,46-47,71H,7-12,14-17,21-31,35H2,1-6H3,(H2,64,66,67)/t38-,43-,44+,46+,47-,55+,78?/m1/s1. The van der Waals surface area contributed by atoms with Gasteiger partial charge in [0, 0.05) is 63.5 Å². The van der Waals surface area contributed by atoms with E-state index in [2.05, 4.69) is 39.8 Å². The predicted molar refractivity (Wildman–Crippen MR) is 291 cm³/mol. The third-order valence-corrected chi connectivity index (χ3v) is 18.3. The molecule has 3 N–H and O–H groups in total. The second kappa shape index (κ2) is 26.4. The Balaban J connectivity index is 0.858. The molecule has 4 aromatic rings. The van der Waals surface area contributed by atoms with E-state index >= 15 is 0 Å². The molecule has 3 heterocycles. The summed E-state index contributed by atoms with van der Waals surface area (Å²) in [7, 11) is 4.84. The van der Waals surface area contributed by atoms with Crippen molar-refractivity contribution in [3.8, 4) is 23.3 Å². The Bertz CT molecular complexity index is 2790. The third-order valence-electron chi connectivity index (χ3n) is 16.6. The number of unbranched alkanes of at least 4 members (excludes halogenated alkanes) is 6. The Morgan fingerprint density at radius 3 is 2.40 bits per heavy atom. The first kappa shape index (κ1) is 60.5. The summed E-state index contributed by atoms with van der Waals surface area (Å²) in [6.07, 6.45) is 7.29. The summed E-state index contributed by atoms with van der Waals surface area (Å²) in [4.78, 5) is 42.4. The number of likely N-dealkylation sites (N-methyl/N-ethyl adjacent to an activating group) is 2. The smallest absolute Gasteiger partial charge is 0.453 e. The first-order valence-electron chi connectivity index (χ1n) is 27.2. The molecule has 3 aromatic heterocycles. The van der Waals surface area contributed by atoms with E-state index in [1.807, 2.05) is 36.7 Å². The topological polar surface area (TPSA) is 181 Å². The first-order valence-corrected chi connectivity index (χ1v) is 29.1. The van der Waals surface area contributed by atoms with Crippen molar-refractivity contribution in [1.82, 2.24) is 29.3 Å². The number of aryl methyl sites for hydroxylation is 1. The number of halogens is 6. The summed E-state index contributed by atoms with van der Waals surface area (Å²) >= 11 is 5.13. The van der Waals surface area contributed by atoms with Crippen LogP contribution in [0.25, 0.3) is 11.0 Å².